The predicted octanol–water partition coefficient (Wildman–Crippen LogP) is 4.88. The molecule has 1 fully saturated rings. The average molecular weight is 339 g/mol. The van der Waals surface area contributed by atoms with Crippen LogP contribution in [0.3, 0.4) is 0 Å². The zero-order valence-corrected chi connectivity index (χ0v) is 15.0. The zero-order chi connectivity index (χ0) is 16.7. The smallest absolute Gasteiger partial charge is 0.138 e. The van der Waals surface area contributed by atoms with Crippen molar-refractivity contribution in [3.05, 3.63) is 46.6 Å². The summed E-state index contributed by atoms with van der Waals surface area (Å²) in [5.41, 5.74) is 2.57. The van der Waals surface area contributed by atoms with Crippen LogP contribution in [0.4, 0.5) is 5.82 Å². The molecule has 4 rings (SSSR count). The van der Waals surface area contributed by atoms with Gasteiger partial charge in [0, 0.05) is 4.88 Å². The number of hydrogen-bond donors (Lipinski definition) is 1. The number of nitrogens with zero attached hydrogens (tertiary/aromatic N) is 2. The SMILES string of the molecule is COc1ccc(C(Nc2ncnc3sc(C)c(C)c23)C2CC2)cc1. The maximum Gasteiger partial charge on any atom is 0.138 e. The predicted molar refractivity (Wildman–Crippen MR) is 99.0 cm³/mol. The van der Waals surface area contributed by atoms with Crippen LogP contribution in [0.25, 0.3) is 10.2 Å². The first-order chi connectivity index (χ1) is 11.7. The molecule has 1 atom stereocenters. The van der Waals surface area contributed by atoms with Gasteiger partial charge in [0.15, 0.2) is 0 Å². The molecule has 2 heterocycles. The molecule has 2 aromatic heterocycles. The van der Waals surface area contributed by atoms with Gasteiger partial charge in [0.25, 0.3) is 0 Å². The molecule has 0 bridgehead atoms. The third-order valence-electron chi connectivity index (χ3n) is 4.83. The summed E-state index contributed by atoms with van der Waals surface area (Å²) in [4.78, 5) is 11.4. The number of hydrogen-bond acceptors (Lipinski definition) is 5. The number of nitrogens with one attached hydrogen (secondary N) is 1. The molecule has 3 aromatic rings. The van der Waals surface area contributed by atoms with E-state index in [0.29, 0.717) is 5.92 Å². The van der Waals surface area contributed by atoms with Crippen LogP contribution in [0, 0.1) is 19.8 Å². The summed E-state index contributed by atoms with van der Waals surface area (Å²) in [5, 5.41) is 4.87. The second kappa shape index (κ2) is 6.06. The highest BCUT2D eigenvalue weighted by Gasteiger charge is 2.33. The lowest BCUT2D eigenvalue weighted by molar-refractivity contribution is 0.414. The molecule has 0 saturated heterocycles. The number of ether oxygens (including phenoxy) is 1. The summed E-state index contributed by atoms with van der Waals surface area (Å²) in [7, 11) is 1.70. The van der Waals surface area contributed by atoms with Gasteiger partial charge in [-0.25, -0.2) is 9.97 Å². The maximum atomic E-state index is 5.28. The van der Waals surface area contributed by atoms with Crippen molar-refractivity contribution < 1.29 is 4.74 Å². The van der Waals surface area contributed by atoms with Crippen LogP contribution in [0.5, 0.6) is 5.75 Å². The molecule has 24 heavy (non-hydrogen) atoms. The Labute approximate surface area is 145 Å². The molecule has 1 aliphatic rings. The van der Waals surface area contributed by atoms with Crippen LogP contribution in [-0.4, -0.2) is 17.1 Å². The topological polar surface area (TPSA) is 47.0 Å². The Kier molecular flexibility index (Phi) is 3.88. The molecule has 1 N–H and O–H groups in total. The molecule has 1 unspecified atom stereocenters. The summed E-state index contributed by atoms with van der Waals surface area (Å²) in [6, 6.07) is 8.65. The quantitative estimate of drug-likeness (QED) is 0.719. The number of aryl methyl sites for hydroxylation is 2. The van der Waals surface area contributed by atoms with E-state index in [0.717, 1.165) is 16.4 Å². The van der Waals surface area contributed by atoms with Gasteiger partial charge in [0.05, 0.1) is 18.5 Å². The Morgan fingerprint density at radius 1 is 1.17 bits per heavy atom. The Hall–Kier alpha value is -2.14. The first-order valence-electron chi connectivity index (χ1n) is 8.28. The maximum absolute atomic E-state index is 5.28. The first-order valence-corrected chi connectivity index (χ1v) is 9.10. The van der Waals surface area contributed by atoms with Gasteiger partial charge in [-0.2, -0.15) is 0 Å². The third kappa shape index (κ3) is 2.73. The highest BCUT2D eigenvalue weighted by molar-refractivity contribution is 7.18. The van der Waals surface area contributed by atoms with Crippen molar-refractivity contribution in [3.63, 3.8) is 0 Å². The van der Waals surface area contributed by atoms with E-state index < -0.39 is 0 Å². The number of methoxy groups -OCH3 is 1. The Morgan fingerprint density at radius 2 is 1.92 bits per heavy atom. The average Bonchev–Trinajstić information content (AvgIpc) is 3.40. The van der Waals surface area contributed by atoms with Gasteiger partial charge in [-0.3, -0.25) is 0 Å². The van der Waals surface area contributed by atoms with E-state index in [1.807, 2.05) is 12.1 Å². The van der Waals surface area contributed by atoms with E-state index in [1.165, 1.54) is 34.2 Å². The molecule has 0 aliphatic heterocycles. The molecule has 0 amide bonds. The van der Waals surface area contributed by atoms with Crippen LogP contribution < -0.4 is 10.1 Å². The second-order valence-electron chi connectivity index (χ2n) is 6.42. The Morgan fingerprint density at radius 3 is 2.58 bits per heavy atom. The minimum Gasteiger partial charge on any atom is -0.497 e. The molecule has 1 saturated carbocycles. The van der Waals surface area contributed by atoms with Crippen molar-refractivity contribution in [1.82, 2.24) is 9.97 Å². The fourth-order valence-corrected chi connectivity index (χ4v) is 4.15. The monoisotopic (exact) mass is 339 g/mol. The normalized spacial score (nSPS) is 15.5. The lowest BCUT2D eigenvalue weighted by atomic mass is 10.0. The van der Waals surface area contributed by atoms with Crippen molar-refractivity contribution >= 4 is 27.4 Å². The van der Waals surface area contributed by atoms with Crippen LogP contribution in [-0.2, 0) is 0 Å². The summed E-state index contributed by atoms with van der Waals surface area (Å²) in [6.07, 6.45) is 4.19. The van der Waals surface area contributed by atoms with Gasteiger partial charge >= 0.3 is 0 Å². The van der Waals surface area contributed by atoms with Crippen molar-refractivity contribution in [3.8, 4) is 5.75 Å². The fraction of sp³-hybridized carbons (Fsp3) is 0.368. The number of anilines is 1. The minimum absolute atomic E-state index is 0.286. The van der Waals surface area contributed by atoms with Crippen molar-refractivity contribution in [1.29, 1.82) is 0 Å². The summed E-state index contributed by atoms with van der Waals surface area (Å²) >= 11 is 1.74. The van der Waals surface area contributed by atoms with Gasteiger partial charge in [-0.05, 0) is 55.9 Å². The fourth-order valence-electron chi connectivity index (χ4n) is 3.15. The lowest BCUT2D eigenvalue weighted by Gasteiger charge is -2.20. The highest BCUT2D eigenvalue weighted by atomic mass is 32.1. The van der Waals surface area contributed by atoms with E-state index in [-0.39, 0.29) is 6.04 Å². The molecule has 4 nitrogen and oxygen atoms in total. The minimum atomic E-state index is 0.286. The largest absolute Gasteiger partial charge is 0.497 e. The molecule has 5 heteroatoms. The molecule has 0 radical (unpaired) electrons. The lowest BCUT2D eigenvalue weighted by Crippen LogP contribution is -2.14. The first kappa shape index (κ1) is 15.4. The number of rotatable bonds is 5. The zero-order valence-electron chi connectivity index (χ0n) is 14.2. The summed E-state index contributed by atoms with van der Waals surface area (Å²) < 4.78 is 5.28. The van der Waals surface area contributed by atoms with Crippen LogP contribution in [0.15, 0.2) is 30.6 Å². The van der Waals surface area contributed by atoms with Crippen LogP contribution in [0.1, 0.15) is 34.9 Å². The Bertz CT molecular complexity index is 868. The van der Waals surface area contributed by atoms with E-state index in [2.05, 4.69) is 41.3 Å². The summed E-state index contributed by atoms with van der Waals surface area (Å²) in [5.74, 6) is 2.51. The van der Waals surface area contributed by atoms with Crippen molar-refractivity contribution in [2.24, 2.45) is 5.92 Å². The number of aromatic nitrogens is 2. The van der Waals surface area contributed by atoms with E-state index >= 15 is 0 Å². The van der Waals surface area contributed by atoms with E-state index in [1.54, 1.807) is 24.8 Å². The van der Waals surface area contributed by atoms with Crippen LogP contribution >= 0.6 is 11.3 Å². The van der Waals surface area contributed by atoms with Crippen LogP contribution in [0.2, 0.25) is 0 Å². The van der Waals surface area contributed by atoms with Gasteiger partial charge < -0.3 is 10.1 Å². The molecule has 1 aliphatic carbocycles. The standard InChI is InChI=1S/C19H21N3OS/c1-11-12(2)24-19-16(11)18(20-10-21-19)22-17(13-4-5-13)14-6-8-15(23-3)9-7-14/h6-10,13,17H,4-5H2,1-3H3,(H,20,21,22). The second-order valence-corrected chi connectivity index (χ2v) is 7.62. The van der Waals surface area contributed by atoms with Crippen molar-refractivity contribution in [2.75, 3.05) is 12.4 Å². The van der Waals surface area contributed by atoms with Gasteiger partial charge in [0.1, 0.15) is 22.7 Å². The van der Waals surface area contributed by atoms with Gasteiger partial charge in [-0.15, -0.1) is 11.3 Å². The summed E-state index contributed by atoms with van der Waals surface area (Å²) in [6.45, 7) is 4.30. The molecular weight excluding hydrogens is 318 g/mol. The third-order valence-corrected chi connectivity index (χ3v) is 5.94. The number of fused-ring (bicyclic) bond motifs is 1. The molecule has 1 aromatic carbocycles. The van der Waals surface area contributed by atoms with Gasteiger partial charge in [0.2, 0.25) is 0 Å². The molecular formula is C19H21N3OS. The van der Waals surface area contributed by atoms with Crippen molar-refractivity contribution in [2.45, 2.75) is 32.7 Å². The highest BCUT2D eigenvalue weighted by Crippen LogP contribution is 2.44. The number of benzene rings is 1. The molecule has 0 spiro atoms. The van der Waals surface area contributed by atoms with E-state index in [9.17, 15) is 0 Å². The number of thiophene rings is 1. The Balaban J connectivity index is 1.71. The van der Waals surface area contributed by atoms with E-state index in [4.69, 9.17) is 4.74 Å². The van der Waals surface area contributed by atoms with Gasteiger partial charge in [-0.1, -0.05) is 12.1 Å². The molecule has 124 valence electrons.